The Hall–Kier alpha value is -1.84. The Morgan fingerprint density at radius 3 is 2.24 bits per heavy atom. The summed E-state index contributed by atoms with van der Waals surface area (Å²) in [4.78, 5) is 11.5. The maximum absolute atomic E-state index is 11.5. The third-order valence-electron chi connectivity index (χ3n) is 2.41. The van der Waals surface area contributed by atoms with Gasteiger partial charge in [-0.25, -0.2) is 12.1 Å². The van der Waals surface area contributed by atoms with Crippen LogP contribution in [-0.2, 0) is 26.6 Å². The molecule has 1 aliphatic rings. The van der Waals surface area contributed by atoms with E-state index in [0.29, 0.717) is 0 Å². The predicted octanol–water partition coefficient (Wildman–Crippen LogP) is 1.96. The van der Waals surface area contributed by atoms with Gasteiger partial charge in [0.05, 0.1) is 5.41 Å². The van der Waals surface area contributed by atoms with Gasteiger partial charge in [-0.15, -0.1) is 0 Å². The fourth-order valence-electron chi connectivity index (χ4n) is 1.27. The number of rotatable bonds is 1. The van der Waals surface area contributed by atoms with Gasteiger partial charge in [-0.3, -0.25) is 4.79 Å². The topological polar surface area (TPSA) is 75.4 Å². The molecule has 114 valence electrons. The van der Waals surface area contributed by atoms with E-state index >= 15 is 0 Å². The second-order valence-corrected chi connectivity index (χ2v) is 5.27. The van der Waals surface area contributed by atoms with E-state index in [4.69, 9.17) is 10.5 Å². The van der Waals surface area contributed by atoms with Crippen LogP contribution in [0.1, 0.15) is 20.8 Å². The third kappa shape index (κ3) is 6.43. The number of hydrogen-bond acceptors (Lipinski definition) is 4. The molecule has 0 atom stereocenters. The van der Waals surface area contributed by atoms with Crippen LogP contribution in [0.2, 0.25) is 0 Å². The molecule has 1 aromatic rings. The summed E-state index contributed by atoms with van der Waals surface area (Å²) in [6, 6.07) is 10.0. The molecule has 0 aliphatic heterocycles. The maximum Gasteiger partial charge on any atom is 2.00 e. The van der Waals surface area contributed by atoms with E-state index < -0.39 is 17.3 Å². The van der Waals surface area contributed by atoms with Gasteiger partial charge in [-0.1, -0.05) is 12.2 Å². The Morgan fingerprint density at radius 2 is 1.86 bits per heavy atom. The van der Waals surface area contributed by atoms with Crippen molar-refractivity contribution in [1.29, 1.82) is 0 Å². The minimum atomic E-state index is -0.605. The summed E-state index contributed by atoms with van der Waals surface area (Å²) < 4.78 is 5.07. The molecule has 2 N–H and O–H groups in total. The van der Waals surface area contributed by atoms with Gasteiger partial charge in [0.25, 0.3) is 0 Å². The molecule has 0 amide bonds. The van der Waals surface area contributed by atoms with Gasteiger partial charge >= 0.3 is 23.0 Å². The molecule has 2 rings (SSSR count). The molecule has 1 aliphatic carbocycles. The molecule has 0 aromatic heterocycles. The Balaban J connectivity index is 0.000000562. The molecular weight excluding hydrogens is 310 g/mol. The Kier molecular flexibility index (Phi) is 7.71. The van der Waals surface area contributed by atoms with Crippen LogP contribution in [0.25, 0.3) is 0 Å². The summed E-state index contributed by atoms with van der Waals surface area (Å²) in [5, 5.41) is 10.9. The number of ether oxygens (including phenoxy) is 1. The molecule has 0 saturated heterocycles. The van der Waals surface area contributed by atoms with E-state index in [1.54, 1.807) is 32.9 Å². The van der Waals surface area contributed by atoms with Crippen LogP contribution in [0.3, 0.4) is 0 Å². The molecule has 5 heteroatoms. The van der Waals surface area contributed by atoms with Gasteiger partial charge in [0, 0.05) is 5.57 Å². The number of esters is 1. The van der Waals surface area contributed by atoms with Gasteiger partial charge in [0.15, 0.2) is 0 Å². The van der Waals surface area contributed by atoms with Crippen LogP contribution in [-0.4, -0.2) is 5.97 Å². The molecule has 1 aromatic carbocycles. The van der Waals surface area contributed by atoms with E-state index in [1.807, 2.05) is 30.3 Å². The van der Waals surface area contributed by atoms with E-state index in [2.05, 4.69) is 0 Å². The van der Waals surface area contributed by atoms with E-state index in [1.165, 1.54) is 6.08 Å². The van der Waals surface area contributed by atoms with Crippen LogP contribution < -0.4 is 10.8 Å². The summed E-state index contributed by atoms with van der Waals surface area (Å²) in [5.41, 5.74) is 4.74. The third-order valence-corrected chi connectivity index (χ3v) is 2.41. The molecule has 0 fully saturated rings. The van der Waals surface area contributed by atoms with Crippen LogP contribution in [0, 0.1) is 5.41 Å². The largest absolute Gasteiger partial charge is 2.00 e. The first kappa shape index (κ1) is 19.2. The second-order valence-electron chi connectivity index (χ2n) is 5.27. The van der Waals surface area contributed by atoms with Gasteiger partial charge in [-0.2, -0.15) is 18.2 Å². The Labute approximate surface area is 135 Å². The summed E-state index contributed by atoms with van der Waals surface area (Å²) in [7, 11) is 0. The zero-order valence-corrected chi connectivity index (χ0v) is 13.4. The fourth-order valence-corrected chi connectivity index (χ4v) is 1.27. The normalized spacial score (nSPS) is 15.3. The van der Waals surface area contributed by atoms with Crippen molar-refractivity contribution in [3.63, 3.8) is 0 Å². The van der Waals surface area contributed by atoms with Crippen molar-refractivity contribution in [3.8, 4) is 0 Å². The van der Waals surface area contributed by atoms with Crippen molar-refractivity contribution in [2.24, 2.45) is 11.1 Å². The predicted molar refractivity (Wildman–Crippen MR) is 76.0 cm³/mol. The minimum absolute atomic E-state index is 0. The first-order chi connectivity index (χ1) is 9.32. The van der Waals surface area contributed by atoms with Crippen molar-refractivity contribution >= 4 is 5.97 Å². The molecule has 0 bridgehead atoms. The summed E-state index contributed by atoms with van der Waals surface area (Å²) in [5.74, 6) is -0.768. The molecular formula is C16H19FeNO3. The van der Waals surface area contributed by atoms with Gasteiger partial charge in [0.1, 0.15) is 5.76 Å². The first-order valence-corrected chi connectivity index (χ1v) is 6.27. The van der Waals surface area contributed by atoms with Gasteiger partial charge < -0.3 is 15.6 Å². The fraction of sp³-hybridized carbons (Fsp3) is 0.250. The molecule has 0 radical (unpaired) electrons. The number of hydrogen-bond donors (Lipinski definition) is 1. The molecule has 0 unspecified atom stereocenters. The summed E-state index contributed by atoms with van der Waals surface area (Å²) in [6.45, 7) is 5.21. The van der Waals surface area contributed by atoms with Crippen molar-refractivity contribution in [2.75, 3.05) is 0 Å². The van der Waals surface area contributed by atoms with Crippen molar-refractivity contribution in [2.45, 2.75) is 20.8 Å². The van der Waals surface area contributed by atoms with Gasteiger partial charge in [-0.05, 0) is 32.7 Å². The summed E-state index contributed by atoms with van der Waals surface area (Å²) in [6.07, 6.45) is 4.68. The van der Waals surface area contributed by atoms with Crippen molar-refractivity contribution in [1.82, 2.24) is 0 Å². The zero-order valence-electron chi connectivity index (χ0n) is 12.3. The summed E-state index contributed by atoms with van der Waals surface area (Å²) >= 11 is 0. The van der Waals surface area contributed by atoms with Crippen LogP contribution >= 0.6 is 0 Å². The molecule has 21 heavy (non-hydrogen) atoms. The van der Waals surface area contributed by atoms with Crippen molar-refractivity contribution in [3.05, 3.63) is 65.8 Å². The average Bonchev–Trinajstić information content (AvgIpc) is 3.01. The zero-order chi connectivity index (χ0) is 15.2. The minimum Gasteiger partial charge on any atom is -0.860 e. The number of nitrogens with two attached hydrogens (primary N) is 1. The molecule has 4 nitrogen and oxygen atoms in total. The van der Waals surface area contributed by atoms with E-state index in [9.17, 15) is 9.90 Å². The number of allylic oxidation sites excluding steroid dienone is 3. The standard InChI is InChI=1S/C11H15NO3.C5H5.Fe/c1-11(2,3)10(14)15-8-6-4-5-7(8)9(12)13;1-2-4-5-3-1;/h4-6,13H,12H2,1-3H3;1-5H;/q;-1;+2/p-1. The van der Waals surface area contributed by atoms with E-state index in [0.717, 1.165) is 0 Å². The van der Waals surface area contributed by atoms with E-state index in [-0.39, 0.29) is 28.4 Å². The Morgan fingerprint density at radius 1 is 1.29 bits per heavy atom. The quantitative estimate of drug-likeness (QED) is 0.370. The molecule has 0 heterocycles. The number of carbonyl (C=O) groups is 1. The van der Waals surface area contributed by atoms with Crippen molar-refractivity contribution < 1.29 is 31.7 Å². The average molecular weight is 329 g/mol. The first-order valence-electron chi connectivity index (χ1n) is 6.27. The van der Waals surface area contributed by atoms with Crippen LogP contribution in [0.4, 0.5) is 0 Å². The maximum atomic E-state index is 11.5. The second kappa shape index (κ2) is 8.45. The van der Waals surface area contributed by atoms with Crippen LogP contribution in [0.5, 0.6) is 0 Å². The molecule has 0 spiro atoms. The SMILES string of the molecule is CC(C)(C)C(=O)OC1=CC=CC1=C(N)[O-].[Fe+2].c1cc[cH-]c1. The molecule has 0 saturated carbocycles. The Bertz CT molecular complexity index is 513. The number of carbonyl (C=O) groups excluding carboxylic acids is 1. The smallest absolute Gasteiger partial charge is 0.860 e. The monoisotopic (exact) mass is 329 g/mol. The van der Waals surface area contributed by atoms with Crippen LogP contribution in [0.15, 0.2) is 65.8 Å². The van der Waals surface area contributed by atoms with Gasteiger partial charge in [0.2, 0.25) is 0 Å².